The largest absolute Gasteiger partial charge is 0.478 e. The van der Waals surface area contributed by atoms with E-state index < -0.39 is 17.8 Å². The molecule has 25 heavy (non-hydrogen) atoms. The third-order valence-corrected chi connectivity index (χ3v) is 4.77. The van der Waals surface area contributed by atoms with E-state index >= 15 is 0 Å². The molecule has 0 saturated carbocycles. The molecule has 1 aliphatic rings. The number of hydrogen-bond acceptors (Lipinski definition) is 6. The van der Waals surface area contributed by atoms with Crippen LogP contribution in [0.2, 0.25) is 0 Å². The fourth-order valence-corrected chi connectivity index (χ4v) is 3.46. The molecule has 0 unspecified atom stereocenters. The molecule has 0 aromatic carbocycles. The van der Waals surface area contributed by atoms with Gasteiger partial charge in [0, 0.05) is 37.8 Å². The number of aromatic nitrogens is 2. The molecule has 1 N–H and O–H groups in total. The van der Waals surface area contributed by atoms with Crippen molar-refractivity contribution >= 4 is 28.3 Å². The third kappa shape index (κ3) is 4.01. The lowest BCUT2D eigenvalue weighted by Crippen LogP contribution is -2.31. The highest BCUT2D eigenvalue weighted by Crippen LogP contribution is 2.33. The van der Waals surface area contributed by atoms with Crippen molar-refractivity contribution < 1.29 is 23.1 Å². The second-order valence-electron chi connectivity index (χ2n) is 5.55. The summed E-state index contributed by atoms with van der Waals surface area (Å²) >= 11 is 0.990. The number of halogens is 3. The summed E-state index contributed by atoms with van der Waals surface area (Å²) in [5, 5.41) is 10.3. The molecule has 3 heterocycles. The van der Waals surface area contributed by atoms with Crippen molar-refractivity contribution in [1.29, 1.82) is 0 Å². The van der Waals surface area contributed by atoms with Gasteiger partial charge in [-0.1, -0.05) is 0 Å². The van der Waals surface area contributed by atoms with Crippen LogP contribution in [0.25, 0.3) is 0 Å². The number of nitrogens with zero attached hydrogens (tertiary/aromatic N) is 4. The molecule has 10 heteroatoms. The summed E-state index contributed by atoms with van der Waals surface area (Å²) in [6.07, 6.45) is -2.39. The number of hydrogen-bond donors (Lipinski definition) is 1. The molecule has 0 spiro atoms. The van der Waals surface area contributed by atoms with Gasteiger partial charge in [0.05, 0.1) is 5.56 Å². The van der Waals surface area contributed by atoms with Crippen LogP contribution in [0.1, 0.15) is 22.5 Å². The quantitative estimate of drug-likeness (QED) is 0.893. The number of carboxylic acids is 1. The molecule has 0 radical (unpaired) electrons. The van der Waals surface area contributed by atoms with E-state index in [1.807, 2.05) is 9.80 Å². The van der Waals surface area contributed by atoms with Gasteiger partial charge in [0.25, 0.3) is 0 Å². The van der Waals surface area contributed by atoms with Crippen molar-refractivity contribution in [3.63, 3.8) is 0 Å². The van der Waals surface area contributed by atoms with Crippen molar-refractivity contribution in [3.05, 3.63) is 35.0 Å². The van der Waals surface area contributed by atoms with Gasteiger partial charge < -0.3 is 14.9 Å². The molecule has 0 atom stereocenters. The maximum atomic E-state index is 12.7. The minimum absolute atomic E-state index is 0.114. The van der Waals surface area contributed by atoms with Crippen molar-refractivity contribution in [1.82, 2.24) is 9.97 Å². The number of carbonyl (C=O) groups is 1. The lowest BCUT2D eigenvalue weighted by molar-refractivity contribution is -0.140. The lowest BCUT2D eigenvalue weighted by Gasteiger charge is -2.22. The second-order valence-corrected chi connectivity index (χ2v) is 6.39. The SMILES string of the molecule is O=C(O)c1ccc(N2CCCN(c3nc(C(F)(F)F)cs3)CC2)nc1. The predicted molar refractivity (Wildman–Crippen MR) is 87.4 cm³/mol. The van der Waals surface area contributed by atoms with E-state index in [0.717, 1.165) is 23.1 Å². The van der Waals surface area contributed by atoms with Crippen LogP contribution in [0.4, 0.5) is 24.1 Å². The van der Waals surface area contributed by atoms with Crippen molar-refractivity contribution in [2.24, 2.45) is 0 Å². The molecule has 1 fully saturated rings. The van der Waals surface area contributed by atoms with E-state index in [9.17, 15) is 18.0 Å². The summed E-state index contributed by atoms with van der Waals surface area (Å²) in [5.74, 6) is -0.382. The van der Waals surface area contributed by atoms with Gasteiger partial charge in [0.15, 0.2) is 10.8 Å². The normalized spacial score (nSPS) is 16.0. The number of carboxylic acid groups (broad SMARTS) is 1. The van der Waals surface area contributed by atoms with E-state index in [-0.39, 0.29) is 5.56 Å². The van der Waals surface area contributed by atoms with Gasteiger partial charge in [-0.15, -0.1) is 11.3 Å². The number of aromatic carboxylic acids is 1. The molecule has 6 nitrogen and oxygen atoms in total. The van der Waals surface area contributed by atoms with Gasteiger partial charge in [-0.05, 0) is 18.6 Å². The van der Waals surface area contributed by atoms with Gasteiger partial charge in [-0.2, -0.15) is 13.2 Å². The van der Waals surface area contributed by atoms with Crippen molar-refractivity contribution in [2.75, 3.05) is 36.0 Å². The first kappa shape index (κ1) is 17.5. The Balaban J connectivity index is 1.68. The molecule has 0 aliphatic carbocycles. The highest BCUT2D eigenvalue weighted by atomic mass is 32.1. The Morgan fingerprint density at radius 1 is 1.16 bits per heavy atom. The highest BCUT2D eigenvalue weighted by Gasteiger charge is 2.34. The Kier molecular flexibility index (Phi) is 4.80. The maximum Gasteiger partial charge on any atom is 0.434 e. The van der Waals surface area contributed by atoms with Crippen LogP contribution in [0.15, 0.2) is 23.7 Å². The first-order valence-electron chi connectivity index (χ1n) is 7.56. The van der Waals surface area contributed by atoms with Crippen LogP contribution < -0.4 is 9.80 Å². The topological polar surface area (TPSA) is 69.6 Å². The smallest absolute Gasteiger partial charge is 0.434 e. The van der Waals surface area contributed by atoms with Gasteiger partial charge in [0.1, 0.15) is 5.82 Å². The Hall–Kier alpha value is -2.36. The van der Waals surface area contributed by atoms with Crippen LogP contribution in [0, 0.1) is 0 Å². The van der Waals surface area contributed by atoms with Crippen LogP contribution in [-0.2, 0) is 6.18 Å². The first-order valence-corrected chi connectivity index (χ1v) is 8.44. The Morgan fingerprint density at radius 3 is 2.48 bits per heavy atom. The van der Waals surface area contributed by atoms with Crippen molar-refractivity contribution in [2.45, 2.75) is 12.6 Å². The summed E-state index contributed by atoms with van der Waals surface area (Å²) < 4.78 is 38.1. The Labute approximate surface area is 145 Å². The summed E-state index contributed by atoms with van der Waals surface area (Å²) in [6.45, 7) is 2.38. The van der Waals surface area contributed by atoms with E-state index in [1.165, 1.54) is 12.3 Å². The average Bonchev–Trinajstić information content (AvgIpc) is 2.94. The molecular weight excluding hydrogens is 357 g/mol. The number of thiazole rings is 1. The highest BCUT2D eigenvalue weighted by molar-refractivity contribution is 7.13. The average molecular weight is 372 g/mol. The van der Waals surface area contributed by atoms with Crippen LogP contribution in [0.5, 0.6) is 0 Å². The second kappa shape index (κ2) is 6.87. The molecule has 1 aliphatic heterocycles. The standard InChI is InChI=1S/C15H15F3N4O2S/c16-15(17,18)11-9-25-14(20-11)22-5-1-4-21(6-7-22)12-3-2-10(8-19-12)13(23)24/h2-3,8-9H,1,4-7H2,(H,23,24). The molecular formula is C15H15F3N4O2S. The molecule has 2 aromatic heterocycles. The minimum atomic E-state index is -4.43. The minimum Gasteiger partial charge on any atom is -0.478 e. The first-order chi connectivity index (χ1) is 11.8. The summed E-state index contributed by atoms with van der Waals surface area (Å²) in [4.78, 5) is 22.6. The number of pyridine rings is 1. The van der Waals surface area contributed by atoms with Gasteiger partial charge in [-0.3, -0.25) is 0 Å². The Bertz CT molecular complexity index is 748. The van der Waals surface area contributed by atoms with Gasteiger partial charge in [-0.25, -0.2) is 14.8 Å². The number of alkyl halides is 3. The zero-order valence-corrected chi connectivity index (χ0v) is 13.8. The van der Waals surface area contributed by atoms with E-state index in [1.54, 1.807) is 6.07 Å². The summed E-state index contributed by atoms with van der Waals surface area (Å²) in [5.41, 5.74) is -0.748. The van der Waals surface area contributed by atoms with Crippen LogP contribution in [-0.4, -0.2) is 47.2 Å². The van der Waals surface area contributed by atoms with Crippen LogP contribution >= 0.6 is 11.3 Å². The number of rotatable bonds is 3. The monoisotopic (exact) mass is 372 g/mol. The summed E-state index contributed by atoms with van der Waals surface area (Å²) in [7, 11) is 0. The fourth-order valence-electron chi connectivity index (χ4n) is 2.58. The predicted octanol–water partition coefficient (Wildman–Crippen LogP) is 2.97. The zero-order valence-electron chi connectivity index (χ0n) is 13.0. The fraction of sp³-hybridized carbons (Fsp3) is 0.400. The molecule has 0 amide bonds. The third-order valence-electron chi connectivity index (χ3n) is 3.87. The van der Waals surface area contributed by atoms with Crippen LogP contribution in [0.3, 0.4) is 0 Å². The molecule has 0 bridgehead atoms. The summed E-state index contributed by atoms with van der Waals surface area (Å²) in [6, 6.07) is 3.13. The zero-order chi connectivity index (χ0) is 18.0. The Morgan fingerprint density at radius 2 is 1.88 bits per heavy atom. The van der Waals surface area contributed by atoms with Crippen molar-refractivity contribution in [3.8, 4) is 0 Å². The van der Waals surface area contributed by atoms with E-state index in [4.69, 9.17) is 5.11 Å². The van der Waals surface area contributed by atoms with E-state index in [2.05, 4.69) is 9.97 Å². The molecule has 134 valence electrons. The lowest BCUT2D eigenvalue weighted by atomic mass is 10.3. The molecule has 1 saturated heterocycles. The maximum absolute atomic E-state index is 12.7. The van der Waals surface area contributed by atoms with Gasteiger partial charge >= 0.3 is 12.1 Å². The molecule has 3 rings (SSSR count). The van der Waals surface area contributed by atoms with E-state index in [0.29, 0.717) is 37.1 Å². The van der Waals surface area contributed by atoms with Gasteiger partial charge in [0.2, 0.25) is 0 Å². The number of anilines is 2. The molecule has 2 aromatic rings.